The van der Waals surface area contributed by atoms with Gasteiger partial charge in [-0.1, -0.05) is 60.9 Å². The summed E-state index contributed by atoms with van der Waals surface area (Å²) in [6.07, 6.45) is 4.51. The van der Waals surface area contributed by atoms with Gasteiger partial charge in [0.05, 0.1) is 0 Å². The number of hydrogen-bond donors (Lipinski definition) is 0. The van der Waals surface area contributed by atoms with E-state index in [-0.39, 0.29) is 0 Å². The Morgan fingerprint density at radius 1 is 0.808 bits per heavy atom. The van der Waals surface area contributed by atoms with Crippen LogP contribution in [-0.2, 0) is 12.8 Å². The zero-order valence-corrected chi connectivity index (χ0v) is 17.3. The van der Waals surface area contributed by atoms with Crippen molar-refractivity contribution >= 4 is 17.2 Å². The van der Waals surface area contributed by atoms with Crippen LogP contribution in [0.2, 0.25) is 5.02 Å². The molecule has 1 aliphatic heterocycles. The molecule has 138 valence electrons. The normalized spacial score (nSPS) is 17.0. The summed E-state index contributed by atoms with van der Waals surface area (Å²) < 4.78 is 0. The number of hydrogen-bond acceptors (Lipinski definition) is 1. The molecule has 4 rings (SSSR count). The standard InChI is InChI=1S/C22H24ClN.C2H6/c1-15-3-7-20-17(13-15)4-5-18-14-19(23)6-8-21(18)22(20)16-9-11-24(2)12-10-16;1-2/h3,6-8,13-14H,4-5,9-12H2,1-2H3;1-2H3. The first-order chi connectivity index (χ1) is 12.6. The lowest BCUT2D eigenvalue weighted by atomic mass is 9.86. The lowest BCUT2D eigenvalue weighted by Gasteiger charge is -2.27. The van der Waals surface area contributed by atoms with Crippen LogP contribution in [-0.4, -0.2) is 25.0 Å². The summed E-state index contributed by atoms with van der Waals surface area (Å²) in [6, 6.07) is 13.4. The van der Waals surface area contributed by atoms with E-state index in [0.717, 1.165) is 31.0 Å². The summed E-state index contributed by atoms with van der Waals surface area (Å²) >= 11 is 6.30. The molecule has 0 aromatic heterocycles. The Kier molecular flexibility index (Phi) is 6.21. The molecule has 1 nitrogen and oxygen atoms in total. The van der Waals surface area contributed by atoms with E-state index in [0.29, 0.717) is 0 Å². The first kappa shape index (κ1) is 19.2. The Labute approximate surface area is 163 Å². The minimum atomic E-state index is 0.851. The smallest absolute Gasteiger partial charge is 0.0409 e. The van der Waals surface area contributed by atoms with Crippen molar-refractivity contribution in [3.63, 3.8) is 0 Å². The van der Waals surface area contributed by atoms with Gasteiger partial charge in [0.2, 0.25) is 0 Å². The summed E-state index contributed by atoms with van der Waals surface area (Å²) in [4.78, 5) is 2.43. The third-order valence-corrected chi connectivity index (χ3v) is 5.71. The first-order valence-corrected chi connectivity index (χ1v) is 10.3. The monoisotopic (exact) mass is 367 g/mol. The third-order valence-electron chi connectivity index (χ3n) is 5.47. The second-order valence-corrected chi connectivity index (χ2v) is 7.68. The molecule has 0 saturated carbocycles. The first-order valence-electron chi connectivity index (χ1n) is 9.91. The highest BCUT2D eigenvalue weighted by molar-refractivity contribution is 6.30. The quantitative estimate of drug-likeness (QED) is 0.528. The predicted molar refractivity (Wildman–Crippen MR) is 114 cm³/mol. The van der Waals surface area contributed by atoms with Crippen LogP contribution in [0.5, 0.6) is 0 Å². The fourth-order valence-corrected chi connectivity index (χ4v) is 4.31. The summed E-state index contributed by atoms with van der Waals surface area (Å²) in [7, 11) is 2.22. The zero-order valence-electron chi connectivity index (χ0n) is 16.5. The maximum Gasteiger partial charge on any atom is 0.0409 e. The molecule has 2 aliphatic rings. The van der Waals surface area contributed by atoms with E-state index >= 15 is 0 Å². The lowest BCUT2D eigenvalue weighted by Crippen LogP contribution is -2.27. The highest BCUT2D eigenvalue weighted by atomic mass is 35.5. The van der Waals surface area contributed by atoms with Crippen LogP contribution in [0, 0.1) is 6.92 Å². The van der Waals surface area contributed by atoms with Crippen molar-refractivity contribution in [1.82, 2.24) is 4.90 Å². The van der Waals surface area contributed by atoms with Gasteiger partial charge in [0, 0.05) is 18.1 Å². The molecular formula is C24H30ClN. The van der Waals surface area contributed by atoms with Crippen LogP contribution in [0.15, 0.2) is 42.0 Å². The summed E-state index contributed by atoms with van der Waals surface area (Å²) in [5, 5.41) is 0.851. The Bertz CT molecular complexity index is 753. The van der Waals surface area contributed by atoms with E-state index in [9.17, 15) is 0 Å². The molecule has 2 aromatic carbocycles. The van der Waals surface area contributed by atoms with Crippen molar-refractivity contribution in [2.45, 2.75) is 46.5 Å². The highest BCUT2D eigenvalue weighted by Gasteiger charge is 2.23. The van der Waals surface area contributed by atoms with Gasteiger partial charge in [0.1, 0.15) is 0 Å². The Balaban J connectivity index is 0.000000948. The summed E-state index contributed by atoms with van der Waals surface area (Å²) in [5.74, 6) is 0. The van der Waals surface area contributed by atoms with Crippen LogP contribution in [0.25, 0.3) is 5.57 Å². The van der Waals surface area contributed by atoms with E-state index in [1.54, 1.807) is 5.57 Å². The van der Waals surface area contributed by atoms with Crippen molar-refractivity contribution in [3.05, 3.63) is 74.8 Å². The Morgan fingerprint density at radius 3 is 2.04 bits per heavy atom. The molecule has 1 aliphatic carbocycles. The van der Waals surface area contributed by atoms with Crippen molar-refractivity contribution in [3.8, 4) is 0 Å². The van der Waals surface area contributed by atoms with Crippen LogP contribution < -0.4 is 0 Å². The molecule has 0 unspecified atom stereocenters. The van der Waals surface area contributed by atoms with Crippen LogP contribution in [0.4, 0.5) is 0 Å². The van der Waals surface area contributed by atoms with Gasteiger partial charge in [-0.15, -0.1) is 0 Å². The van der Waals surface area contributed by atoms with E-state index in [1.165, 1.54) is 46.2 Å². The summed E-state index contributed by atoms with van der Waals surface area (Å²) in [5.41, 5.74) is 10.2. The van der Waals surface area contributed by atoms with Gasteiger partial charge >= 0.3 is 0 Å². The molecule has 1 heterocycles. The molecule has 26 heavy (non-hydrogen) atoms. The van der Waals surface area contributed by atoms with Gasteiger partial charge < -0.3 is 4.90 Å². The van der Waals surface area contributed by atoms with Gasteiger partial charge in [-0.05, 0) is 79.6 Å². The molecule has 0 spiro atoms. The van der Waals surface area contributed by atoms with Crippen molar-refractivity contribution in [2.75, 3.05) is 20.1 Å². The van der Waals surface area contributed by atoms with Gasteiger partial charge in [0.15, 0.2) is 0 Å². The van der Waals surface area contributed by atoms with Gasteiger partial charge in [0.25, 0.3) is 0 Å². The topological polar surface area (TPSA) is 3.24 Å². The van der Waals surface area contributed by atoms with Crippen LogP contribution in [0.3, 0.4) is 0 Å². The van der Waals surface area contributed by atoms with Crippen molar-refractivity contribution < 1.29 is 0 Å². The third kappa shape index (κ3) is 3.89. The van der Waals surface area contributed by atoms with E-state index in [4.69, 9.17) is 11.6 Å². The van der Waals surface area contributed by atoms with Gasteiger partial charge in [-0.2, -0.15) is 0 Å². The Hall–Kier alpha value is -1.57. The molecule has 2 aromatic rings. The number of benzene rings is 2. The average molecular weight is 368 g/mol. The molecular weight excluding hydrogens is 338 g/mol. The van der Waals surface area contributed by atoms with Gasteiger partial charge in [-0.3, -0.25) is 0 Å². The highest BCUT2D eigenvalue weighted by Crippen LogP contribution is 2.39. The van der Waals surface area contributed by atoms with Gasteiger partial charge in [-0.25, -0.2) is 0 Å². The minimum absolute atomic E-state index is 0.851. The number of aryl methyl sites for hydroxylation is 3. The zero-order chi connectivity index (χ0) is 18.7. The molecule has 1 fully saturated rings. The van der Waals surface area contributed by atoms with Crippen molar-refractivity contribution in [2.24, 2.45) is 0 Å². The fourth-order valence-electron chi connectivity index (χ4n) is 4.12. The number of nitrogens with zero attached hydrogens (tertiary/aromatic N) is 1. The number of likely N-dealkylation sites (tertiary alicyclic amines) is 1. The van der Waals surface area contributed by atoms with Crippen LogP contribution in [0.1, 0.15) is 54.5 Å². The minimum Gasteiger partial charge on any atom is -0.306 e. The maximum absolute atomic E-state index is 6.30. The predicted octanol–water partition coefficient (Wildman–Crippen LogP) is 6.30. The molecule has 0 amide bonds. The van der Waals surface area contributed by atoms with E-state index in [1.807, 2.05) is 13.8 Å². The summed E-state index contributed by atoms with van der Waals surface area (Å²) in [6.45, 7) is 8.50. The second kappa shape index (κ2) is 8.41. The molecule has 2 heteroatoms. The largest absolute Gasteiger partial charge is 0.306 e. The lowest BCUT2D eigenvalue weighted by molar-refractivity contribution is 0.313. The number of piperidine rings is 1. The van der Waals surface area contributed by atoms with E-state index < -0.39 is 0 Å². The SMILES string of the molecule is CC.Cc1ccc2c(c1)CCc1cc(Cl)ccc1C2=C1CCN(C)CC1. The number of fused-ring (bicyclic) bond motifs is 2. The van der Waals surface area contributed by atoms with Crippen LogP contribution >= 0.6 is 11.6 Å². The fraction of sp³-hybridized carbons (Fsp3) is 0.417. The molecule has 0 radical (unpaired) electrons. The van der Waals surface area contributed by atoms with Crippen molar-refractivity contribution in [1.29, 1.82) is 0 Å². The molecule has 0 atom stereocenters. The molecule has 1 saturated heterocycles. The second-order valence-electron chi connectivity index (χ2n) is 7.24. The molecule has 0 bridgehead atoms. The molecule has 0 N–H and O–H groups in total. The van der Waals surface area contributed by atoms with E-state index in [2.05, 4.69) is 55.3 Å². The Morgan fingerprint density at radius 2 is 1.38 bits per heavy atom. The number of rotatable bonds is 0. The maximum atomic E-state index is 6.30. The number of halogens is 1. The average Bonchev–Trinajstić information content (AvgIpc) is 2.80.